The number of ether oxygens (including phenoxy) is 2. The van der Waals surface area contributed by atoms with E-state index in [1.807, 2.05) is 13.8 Å². The molecule has 0 saturated carbocycles. The average Bonchev–Trinajstić information content (AvgIpc) is 2.85. The molecular weight excluding hydrogens is 710 g/mol. The summed E-state index contributed by atoms with van der Waals surface area (Å²) in [5, 5.41) is 14.8. The number of hydrogen-bond donors (Lipinski definition) is 3. The van der Waals surface area contributed by atoms with Crippen molar-refractivity contribution in [2.45, 2.75) is 118 Å². The van der Waals surface area contributed by atoms with Gasteiger partial charge < -0.3 is 21.1 Å². The van der Waals surface area contributed by atoms with Crippen LogP contribution in [0.1, 0.15) is 115 Å². The molecule has 0 bridgehead atoms. The van der Waals surface area contributed by atoms with Gasteiger partial charge in [0.1, 0.15) is 0 Å². The minimum atomic E-state index is -4.76. The Morgan fingerprint density at radius 2 is 1.11 bits per heavy atom. The van der Waals surface area contributed by atoms with Crippen LogP contribution in [0.4, 0.5) is 0 Å². The van der Waals surface area contributed by atoms with Crippen molar-refractivity contribution in [1.29, 1.82) is 0 Å². The molecule has 0 aromatic carbocycles. The van der Waals surface area contributed by atoms with Crippen molar-refractivity contribution in [2.75, 3.05) is 13.2 Å². The van der Waals surface area contributed by atoms with E-state index in [9.17, 15) is 32.1 Å². The summed E-state index contributed by atoms with van der Waals surface area (Å²) in [4.78, 5) is 44.3. The number of carbonyl (C=O) groups is 4. The second-order valence-electron chi connectivity index (χ2n) is 10.1. The first-order valence-corrected chi connectivity index (χ1v) is 16.0. The summed E-state index contributed by atoms with van der Waals surface area (Å²) < 4.78 is 42.8. The SMILES string of the molecule is CC(=O)/C=C(/C)O.CC(=O)/C=C(/C)O.CCCCC(CC)COC(=O)CC(C(=O)OCC(CC)CCCC)S(=O)(=O)O.[H-].[Na+].[SnH2]. The standard InChI is InChI=1S/C20H38O7S.2C5H8O2.Na.Sn.3H/c1-5-9-11-16(7-3)14-26-19(21)13-18(28(23,24)25)20(22)27-15-17(8-4)12-10-6-2;2*1-4(6)3-5(2)7;;;;;/h16-18H,5-15H2,1-4H3,(H,23,24,25);2*3,6H,1-2H3;;;;;/q;;;+1;;;;-1/b;2*4-3-;;;;;. The number of ketones is 2. The first-order chi connectivity index (χ1) is 19.4. The van der Waals surface area contributed by atoms with Gasteiger partial charge in [-0.2, -0.15) is 8.42 Å². The van der Waals surface area contributed by atoms with Crippen molar-refractivity contribution in [3.63, 3.8) is 0 Å². The Labute approximate surface area is 305 Å². The Morgan fingerprint density at radius 3 is 1.36 bits per heavy atom. The summed E-state index contributed by atoms with van der Waals surface area (Å²) in [7, 11) is -4.76. The molecule has 3 atom stereocenters. The third kappa shape index (κ3) is 35.5. The number of hydrogen-bond acceptors (Lipinski definition) is 10. The van der Waals surface area contributed by atoms with Gasteiger partial charge in [-0.1, -0.05) is 66.2 Å². The van der Waals surface area contributed by atoms with E-state index >= 15 is 0 Å². The first-order valence-electron chi connectivity index (χ1n) is 14.5. The van der Waals surface area contributed by atoms with Gasteiger partial charge in [0.2, 0.25) is 0 Å². The molecule has 11 nitrogen and oxygen atoms in total. The van der Waals surface area contributed by atoms with E-state index < -0.39 is 33.7 Å². The van der Waals surface area contributed by atoms with Crippen molar-refractivity contribution in [1.82, 2.24) is 0 Å². The third-order valence-electron chi connectivity index (χ3n) is 5.83. The molecule has 0 amide bonds. The number of aliphatic hydroxyl groups excluding tert-OH is 2. The van der Waals surface area contributed by atoms with Crippen LogP contribution in [-0.2, 0) is 38.8 Å². The average molecular weight is 768 g/mol. The molecule has 44 heavy (non-hydrogen) atoms. The fourth-order valence-corrected chi connectivity index (χ4v) is 4.07. The molecular formula is C30H57NaO11SSn. The van der Waals surface area contributed by atoms with Gasteiger partial charge in [0, 0.05) is 12.2 Å². The summed E-state index contributed by atoms with van der Waals surface area (Å²) in [5.41, 5.74) is 0. The number of carbonyl (C=O) groups excluding carboxylic acids is 4. The number of esters is 2. The van der Waals surface area contributed by atoms with Crippen LogP contribution >= 0.6 is 0 Å². The van der Waals surface area contributed by atoms with E-state index in [1.54, 1.807) is 0 Å². The second kappa shape index (κ2) is 32.0. The van der Waals surface area contributed by atoms with Gasteiger partial charge in [0.15, 0.2) is 16.8 Å². The molecule has 3 N–H and O–H groups in total. The monoisotopic (exact) mass is 768 g/mol. The molecule has 0 saturated heterocycles. The van der Waals surface area contributed by atoms with Crippen LogP contribution in [0.2, 0.25) is 0 Å². The van der Waals surface area contributed by atoms with E-state index in [0.717, 1.165) is 51.4 Å². The molecule has 0 aliphatic heterocycles. The Hall–Kier alpha value is -0.931. The molecule has 0 aliphatic rings. The van der Waals surface area contributed by atoms with E-state index in [4.69, 9.17) is 19.7 Å². The van der Waals surface area contributed by atoms with Crippen LogP contribution in [0.3, 0.4) is 0 Å². The zero-order valence-electron chi connectivity index (χ0n) is 29.4. The summed E-state index contributed by atoms with van der Waals surface area (Å²) in [6.07, 6.45) is 9.07. The molecule has 0 spiro atoms. The number of aliphatic hydroxyl groups is 2. The fraction of sp³-hybridized carbons (Fsp3) is 0.733. The molecule has 3 unspecified atom stereocenters. The molecule has 254 valence electrons. The Morgan fingerprint density at radius 1 is 0.750 bits per heavy atom. The minimum absolute atomic E-state index is 0. The Kier molecular flexibility index (Phi) is 38.3. The van der Waals surface area contributed by atoms with E-state index in [0.29, 0.717) is 0 Å². The van der Waals surface area contributed by atoms with Crippen LogP contribution in [0, 0.1) is 11.8 Å². The van der Waals surface area contributed by atoms with Gasteiger partial charge in [-0.15, -0.1) is 0 Å². The van der Waals surface area contributed by atoms with E-state index in [2.05, 4.69) is 13.8 Å². The van der Waals surface area contributed by atoms with Crippen molar-refractivity contribution < 1.29 is 82.8 Å². The molecule has 0 rings (SSSR count). The first kappa shape index (κ1) is 52.6. The van der Waals surface area contributed by atoms with Crippen molar-refractivity contribution >= 4 is 57.5 Å². The maximum atomic E-state index is 12.2. The number of allylic oxidation sites excluding steroid dienone is 4. The molecule has 0 aromatic rings. The fourth-order valence-electron chi connectivity index (χ4n) is 3.41. The van der Waals surface area contributed by atoms with Crippen molar-refractivity contribution in [3.05, 3.63) is 23.7 Å². The molecule has 0 heterocycles. The summed E-state index contributed by atoms with van der Waals surface area (Å²) in [6, 6.07) is 0. The summed E-state index contributed by atoms with van der Waals surface area (Å²) in [6.45, 7) is 14.0. The van der Waals surface area contributed by atoms with E-state index in [-0.39, 0.29) is 103 Å². The second-order valence-corrected chi connectivity index (χ2v) is 11.7. The molecule has 0 aromatic heterocycles. The van der Waals surface area contributed by atoms with Gasteiger partial charge in [-0.3, -0.25) is 23.7 Å². The van der Waals surface area contributed by atoms with Crippen LogP contribution in [0.25, 0.3) is 0 Å². The summed E-state index contributed by atoms with van der Waals surface area (Å²) in [5.74, 6) is -1.73. The normalized spacial score (nSPS) is 13.1. The number of rotatable bonds is 18. The zero-order valence-corrected chi connectivity index (χ0v) is 35.2. The van der Waals surface area contributed by atoms with Gasteiger partial charge in [0.25, 0.3) is 10.1 Å². The van der Waals surface area contributed by atoms with Gasteiger partial charge >= 0.3 is 65.4 Å². The van der Waals surface area contributed by atoms with Crippen LogP contribution in [0.5, 0.6) is 0 Å². The molecule has 14 heteroatoms. The summed E-state index contributed by atoms with van der Waals surface area (Å²) >= 11 is 0. The van der Waals surface area contributed by atoms with Gasteiger partial charge in [-0.25, -0.2) is 0 Å². The predicted octanol–water partition coefficient (Wildman–Crippen LogP) is 2.43. The van der Waals surface area contributed by atoms with E-state index in [1.165, 1.54) is 39.8 Å². The molecule has 0 aliphatic carbocycles. The third-order valence-corrected chi connectivity index (χ3v) is 6.90. The van der Waals surface area contributed by atoms with Crippen molar-refractivity contribution in [2.24, 2.45) is 11.8 Å². The number of unbranched alkanes of at least 4 members (excludes halogenated alkanes) is 2. The zero-order chi connectivity index (χ0) is 33.3. The van der Waals surface area contributed by atoms with Crippen LogP contribution in [0.15, 0.2) is 23.7 Å². The quantitative estimate of drug-likeness (QED) is 0.0613. The maximum absolute atomic E-state index is 12.2. The van der Waals surface area contributed by atoms with Crippen LogP contribution in [-0.4, -0.2) is 89.1 Å². The van der Waals surface area contributed by atoms with Gasteiger partial charge in [0.05, 0.1) is 31.2 Å². The molecule has 0 fully saturated rings. The Balaban J connectivity index is -0.000000186. The predicted molar refractivity (Wildman–Crippen MR) is 172 cm³/mol. The van der Waals surface area contributed by atoms with Crippen LogP contribution < -0.4 is 29.6 Å². The van der Waals surface area contributed by atoms with Crippen molar-refractivity contribution in [3.8, 4) is 0 Å². The molecule has 2 radical (unpaired) electrons. The van der Waals surface area contributed by atoms with Gasteiger partial charge in [-0.05, 0) is 52.4 Å². The Bertz CT molecular complexity index is 937. The topological polar surface area (TPSA) is 182 Å².